The van der Waals surface area contributed by atoms with Crippen LogP contribution in [0, 0.1) is 6.92 Å². The smallest absolute Gasteiger partial charge is 0.251 e. The zero-order valence-electron chi connectivity index (χ0n) is 17.5. The fourth-order valence-corrected chi connectivity index (χ4v) is 3.58. The van der Waals surface area contributed by atoms with Gasteiger partial charge in [0.05, 0.1) is 6.04 Å². The molecule has 1 heterocycles. The van der Waals surface area contributed by atoms with Crippen molar-refractivity contribution in [3.05, 3.63) is 65.2 Å². The predicted octanol–water partition coefficient (Wildman–Crippen LogP) is 2.78. The van der Waals surface area contributed by atoms with Crippen LogP contribution in [0.15, 0.2) is 48.5 Å². The Bertz CT molecular complexity index is 762. The normalized spacial score (nSPS) is 16.6. The van der Waals surface area contributed by atoms with Gasteiger partial charge in [-0.05, 0) is 43.8 Å². The highest BCUT2D eigenvalue weighted by molar-refractivity contribution is 5.94. The summed E-state index contributed by atoms with van der Waals surface area (Å²) < 4.78 is 0. The van der Waals surface area contributed by atoms with Crippen molar-refractivity contribution in [2.45, 2.75) is 13.0 Å². The Labute approximate surface area is 168 Å². The zero-order chi connectivity index (χ0) is 20.1. The van der Waals surface area contributed by atoms with Gasteiger partial charge in [-0.3, -0.25) is 9.69 Å². The van der Waals surface area contributed by atoms with Gasteiger partial charge in [-0.25, -0.2) is 0 Å². The van der Waals surface area contributed by atoms with Crippen LogP contribution in [0.4, 0.5) is 5.69 Å². The second kappa shape index (κ2) is 9.22. The van der Waals surface area contributed by atoms with Crippen LogP contribution in [0.25, 0.3) is 0 Å². The third-order valence-corrected chi connectivity index (χ3v) is 5.54. The van der Waals surface area contributed by atoms with E-state index in [1.54, 1.807) is 0 Å². The Morgan fingerprint density at radius 2 is 1.61 bits per heavy atom. The molecule has 150 valence electrons. The van der Waals surface area contributed by atoms with E-state index in [0.29, 0.717) is 12.1 Å². The predicted molar refractivity (Wildman–Crippen MR) is 116 cm³/mol. The van der Waals surface area contributed by atoms with E-state index in [0.717, 1.165) is 31.7 Å². The van der Waals surface area contributed by atoms with Crippen LogP contribution < -0.4 is 10.2 Å². The lowest BCUT2D eigenvalue weighted by molar-refractivity contribution is 0.0886. The molecule has 0 bridgehead atoms. The van der Waals surface area contributed by atoms with E-state index in [9.17, 15) is 4.79 Å². The molecule has 1 aliphatic heterocycles. The molecule has 1 N–H and O–H groups in total. The Balaban J connectivity index is 1.74. The molecule has 0 radical (unpaired) electrons. The Hall–Kier alpha value is -2.37. The number of hydrogen-bond donors (Lipinski definition) is 1. The Morgan fingerprint density at radius 1 is 1.00 bits per heavy atom. The number of aryl methyl sites for hydroxylation is 1. The molecule has 1 atom stereocenters. The van der Waals surface area contributed by atoms with E-state index in [2.05, 4.69) is 65.4 Å². The van der Waals surface area contributed by atoms with Gasteiger partial charge in [0.1, 0.15) is 0 Å². The molecule has 2 aromatic rings. The lowest BCUT2D eigenvalue weighted by atomic mass is 10.0. The monoisotopic (exact) mass is 380 g/mol. The maximum absolute atomic E-state index is 12.6. The zero-order valence-corrected chi connectivity index (χ0v) is 17.5. The summed E-state index contributed by atoms with van der Waals surface area (Å²) in [6.07, 6.45) is 0. The summed E-state index contributed by atoms with van der Waals surface area (Å²) in [7, 11) is 6.26. The second-order valence-corrected chi connectivity index (χ2v) is 7.92. The van der Waals surface area contributed by atoms with Crippen molar-refractivity contribution in [2.24, 2.45) is 0 Å². The minimum absolute atomic E-state index is 0.0101. The third-order valence-electron chi connectivity index (χ3n) is 5.54. The maximum Gasteiger partial charge on any atom is 0.251 e. The molecular formula is C23H32N4O. The van der Waals surface area contributed by atoms with Crippen molar-refractivity contribution >= 4 is 11.6 Å². The van der Waals surface area contributed by atoms with Crippen molar-refractivity contribution in [1.82, 2.24) is 15.1 Å². The lowest BCUT2D eigenvalue weighted by Gasteiger charge is -2.38. The van der Waals surface area contributed by atoms with Gasteiger partial charge < -0.3 is 15.1 Å². The van der Waals surface area contributed by atoms with Gasteiger partial charge in [-0.1, -0.05) is 29.8 Å². The SMILES string of the molecule is Cc1ccc(C(=O)NC[C@H](c2ccc(N(C)C)cc2)N2CCN(C)CC2)cc1. The molecular weight excluding hydrogens is 348 g/mol. The first-order chi connectivity index (χ1) is 13.4. The van der Waals surface area contributed by atoms with E-state index < -0.39 is 0 Å². The summed E-state index contributed by atoms with van der Waals surface area (Å²) in [5.41, 5.74) is 4.31. The third kappa shape index (κ3) is 5.12. The minimum atomic E-state index is -0.0101. The maximum atomic E-state index is 12.6. The molecule has 0 saturated carbocycles. The first-order valence-electron chi connectivity index (χ1n) is 9.99. The van der Waals surface area contributed by atoms with E-state index in [4.69, 9.17) is 0 Å². The summed E-state index contributed by atoms with van der Waals surface area (Å²) in [5, 5.41) is 3.16. The standard InChI is InChI=1S/C23H32N4O/c1-18-5-7-20(8-6-18)23(28)24-17-22(27-15-13-26(4)14-16-27)19-9-11-21(12-10-19)25(2)3/h5-12,22H,13-17H2,1-4H3,(H,24,28)/t22-/m1/s1. The molecule has 5 nitrogen and oxygen atoms in total. The summed E-state index contributed by atoms with van der Waals surface area (Å²) in [6.45, 7) is 6.77. The highest BCUT2D eigenvalue weighted by Crippen LogP contribution is 2.24. The number of amides is 1. The molecule has 0 aliphatic carbocycles. The Kier molecular flexibility index (Phi) is 6.70. The molecule has 0 aromatic heterocycles. The number of likely N-dealkylation sites (N-methyl/N-ethyl adjacent to an activating group) is 1. The van der Waals surface area contributed by atoms with Crippen LogP contribution in [0.1, 0.15) is 27.5 Å². The molecule has 0 spiro atoms. The number of piperazine rings is 1. The van der Waals surface area contributed by atoms with Crippen LogP contribution in [0.2, 0.25) is 0 Å². The molecule has 2 aromatic carbocycles. The number of anilines is 1. The minimum Gasteiger partial charge on any atom is -0.378 e. The van der Waals surface area contributed by atoms with E-state index in [-0.39, 0.29) is 11.9 Å². The molecule has 1 aliphatic rings. The first kappa shape index (κ1) is 20.4. The van der Waals surface area contributed by atoms with Gasteiger partial charge >= 0.3 is 0 Å². The molecule has 1 amide bonds. The van der Waals surface area contributed by atoms with Crippen LogP contribution >= 0.6 is 0 Å². The summed E-state index contributed by atoms with van der Waals surface area (Å²) in [4.78, 5) is 19.6. The van der Waals surface area contributed by atoms with Crippen LogP contribution in [0.3, 0.4) is 0 Å². The van der Waals surface area contributed by atoms with Gasteiger partial charge in [0.15, 0.2) is 0 Å². The van der Waals surface area contributed by atoms with Crippen molar-refractivity contribution in [1.29, 1.82) is 0 Å². The molecule has 3 rings (SSSR count). The molecule has 1 fully saturated rings. The van der Waals surface area contributed by atoms with Crippen LogP contribution in [-0.2, 0) is 0 Å². The van der Waals surface area contributed by atoms with Gasteiger partial charge in [0.2, 0.25) is 0 Å². The largest absolute Gasteiger partial charge is 0.378 e. The number of hydrogen-bond acceptors (Lipinski definition) is 4. The van der Waals surface area contributed by atoms with E-state index in [1.165, 1.54) is 11.3 Å². The van der Waals surface area contributed by atoms with Gasteiger partial charge in [-0.15, -0.1) is 0 Å². The summed E-state index contributed by atoms with van der Waals surface area (Å²) in [6, 6.07) is 16.6. The van der Waals surface area contributed by atoms with Gasteiger partial charge in [0.25, 0.3) is 5.91 Å². The molecule has 0 unspecified atom stereocenters. The number of nitrogens with one attached hydrogen (secondary N) is 1. The van der Waals surface area contributed by atoms with Crippen molar-refractivity contribution in [2.75, 3.05) is 58.8 Å². The van der Waals surface area contributed by atoms with Crippen molar-refractivity contribution in [3.63, 3.8) is 0 Å². The van der Waals surface area contributed by atoms with Gasteiger partial charge in [-0.2, -0.15) is 0 Å². The summed E-state index contributed by atoms with van der Waals surface area (Å²) in [5.74, 6) is -0.0101. The summed E-state index contributed by atoms with van der Waals surface area (Å²) >= 11 is 0. The quantitative estimate of drug-likeness (QED) is 0.836. The van der Waals surface area contributed by atoms with Gasteiger partial charge in [0, 0.05) is 58.1 Å². The number of benzene rings is 2. The van der Waals surface area contributed by atoms with Crippen molar-refractivity contribution < 1.29 is 4.79 Å². The van der Waals surface area contributed by atoms with E-state index in [1.807, 2.05) is 31.2 Å². The van der Waals surface area contributed by atoms with E-state index >= 15 is 0 Å². The fourth-order valence-electron chi connectivity index (χ4n) is 3.58. The number of rotatable bonds is 6. The first-order valence-corrected chi connectivity index (χ1v) is 9.99. The lowest BCUT2D eigenvalue weighted by Crippen LogP contribution is -2.48. The fraction of sp³-hybridized carbons (Fsp3) is 0.435. The average molecular weight is 381 g/mol. The second-order valence-electron chi connectivity index (χ2n) is 7.92. The molecule has 5 heteroatoms. The number of carbonyl (C=O) groups is 1. The molecule has 1 saturated heterocycles. The topological polar surface area (TPSA) is 38.8 Å². The van der Waals surface area contributed by atoms with Crippen LogP contribution in [0.5, 0.6) is 0 Å². The average Bonchev–Trinajstić information content (AvgIpc) is 2.70. The number of nitrogens with zero attached hydrogens (tertiary/aromatic N) is 3. The molecule has 28 heavy (non-hydrogen) atoms. The highest BCUT2D eigenvalue weighted by atomic mass is 16.1. The highest BCUT2D eigenvalue weighted by Gasteiger charge is 2.24. The Morgan fingerprint density at radius 3 is 2.18 bits per heavy atom. The number of carbonyl (C=O) groups excluding carboxylic acids is 1. The van der Waals surface area contributed by atoms with Crippen LogP contribution in [-0.4, -0.2) is 69.6 Å². The van der Waals surface area contributed by atoms with Crippen molar-refractivity contribution in [3.8, 4) is 0 Å².